The quantitative estimate of drug-likeness (QED) is 0.363. The number of rotatable bonds is 9. The van der Waals surface area contributed by atoms with Crippen LogP contribution < -0.4 is 24.8 Å². The van der Waals surface area contributed by atoms with Gasteiger partial charge in [-0.15, -0.1) is 0 Å². The van der Waals surface area contributed by atoms with E-state index in [2.05, 4.69) is 42.1 Å². The molecule has 2 aromatic carbocycles. The molecule has 0 saturated carbocycles. The van der Waals surface area contributed by atoms with E-state index in [4.69, 9.17) is 18.9 Å². The summed E-state index contributed by atoms with van der Waals surface area (Å²) in [4.78, 5) is 28.2. The number of allylic oxidation sites excluding steroid dienone is 1. The molecule has 14 heteroatoms. The highest BCUT2D eigenvalue weighted by Crippen LogP contribution is 2.43. The first-order valence-corrected chi connectivity index (χ1v) is 13.8. The van der Waals surface area contributed by atoms with Gasteiger partial charge in [-0.1, -0.05) is 17.2 Å². The second-order valence-electron chi connectivity index (χ2n) is 9.21. The van der Waals surface area contributed by atoms with Crippen molar-refractivity contribution in [2.75, 3.05) is 57.3 Å². The number of morpholine rings is 1. The van der Waals surface area contributed by atoms with E-state index in [0.717, 1.165) is 0 Å². The Balaban J connectivity index is 1.46. The number of anilines is 2. The first-order valence-electron chi connectivity index (χ1n) is 13.1. The van der Waals surface area contributed by atoms with Crippen LogP contribution in [0.15, 0.2) is 52.1 Å². The maximum Gasteiger partial charge on any atom is 0.260 e. The van der Waals surface area contributed by atoms with Crippen LogP contribution in [0.25, 0.3) is 0 Å². The smallest absolute Gasteiger partial charge is 0.260 e. The highest BCUT2D eigenvalue weighted by atomic mass is 79.9. The van der Waals surface area contributed by atoms with Gasteiger partial charge in [0.1, 0.15) is 11.8 Å². The molecule has 2 N–H and O–H groups in total. The fraction of sp³-hybridized carbons (Fsp3) is 0.370. The van der Waals surface area contributed by atoms with Crippen molar-refractivity contribution in [3.05, 3.63) is 57.7 Å². The summed E-state index contributed by atoms with van der Waals surface area (Å²) in [5, 5.41) is 18.1. The van der Waals surface area contributed by atoms with Crippen LogP contribution in [0.1, 0.15) is 25.5 Å². The molecular weight excluding hydrogens is 598 g/mol. The third-order valence-electron chi connectivity index (χ3n) is 6.67. The van der Waals surface area contributed by atoms with Gasteiger partial charge >= 0.3 is 0 Å². The van der Waals surface area contributed by atoms with Crippen LogP contribution in [0.3, 0.4) is 0 Å². The Labute approximate surface area is 244 Å². The van der Waals surface area contributed by atoms with Gasteiger partial charge < -0.3 is 34.5 Å². The number of halogens is 1. The highest BCUT2D eigenvalue weighted by molar-refractivity contribution is 9.10. The molecule has 13 nitrogen and oxygen atoms in total. The average Bonchev–Trinajstić information content (AvgIpc) is 3.44. The van der Waals surface area contributed by atoms with Gasteiger partial charge in [0.15, 0.2) is 18.1 Å². The molecule has 0 spiro atoms. The van der Waals surface area contributed by atoms with Crippen LogP contribution in [0, 0.1) is 0 Å². The summed E-state index contributed by atoms with van der Waals surface area (Å²) in [6, 6.07) is 10.1. The third-order valence-corrected chi connectivity index (χ3v) is 7.25. The fourth-order valence-corrected chi connectivity index (χ4v) is 5.31. The van der Waals surface area contributed by atoms with E-state index in [9.17, 15) is 9.59 Å². The second kappa shape index (κ2) is 12.6. The Hall–Kier alpha value is -4.17. The molecule has 0 aliphatic carbocycles. The second-order valence-corrected chi connectivity index (χ2v) is 10.1. The van der Waals surface area contributed by atoms with Gasteiger partial charge in [0, 0.05) is 18.8 Å². The van der Waals surface area contributed by atoms with Crippen LogP contribution in [-0.2, 0) is 14.3 Å². The standard InChI is InChI=1S/C27H30BrN7O6/c1-4-40-20-8-6-5-7-19(20)30-26(37)23-16(2)29-27-31-32-33-35(27)24(23)17-13-18(28)25(21(14-17)38-3)41-15-22(36)34-9-11-39-12-10-34/h5-8,13-14,24H,4,9-12,15H2,1-3H3,(H,30,37)(H,29,31,33). The summed E-state index contributed by atoms with van der Waals surface area (Å²) < 4.78 is 24.6. The molecule has 3 heterocycles. The summed E-state index contributed by atoms with van der Waals surface area (Å²) in [5.74, 6) is 1.16. The number of aromatic nitrogens is 4. The Kier molecular flexibility index (Phi) is 8.69. The van der Waals surface area contributed by atoms with Crippen LogP contribution in [0.5, 0.6) is 17.2 Å². The number of tetrazole rings is 1. The molecule has 1 unspecified atom stereocenters. The minimum absolute atomic E-state index is 0.145. The molecular formula is C27H30BrN7O6. The molecule has 5 rings (SSSR count). The Morgan fingerprint density at radius 2 is 1.95 bits per heavy atom. The van der Waals surface area contributed by atoms with Gasteiger partial charge in [-0.2, -0.15) is 4.68 Å². The molecule has 1 saturated heterocycles. The Morgan fingerprint density at radius 3 is 2.71 bits per heavy atom. The van der Waals surface area contributed by atoms with E-state index in [1.807, 2.05) is 19.1 Å². The van der Waals surface area contributed by atoms with E-state index in [-0.39, 0.29) is 18.4 Å². The zero-order valence-electron chi connectivity index (χ0n) is 22.8. The molecule has 216 valence electrons. The number of benzene rings is 2. The lowest BCUT2D eigenvalue weighted by Gasteiger charge is -2.29. The molecule has 0 radical (unpaired) electrons. The minimum Gasteiger partial charge on any atom is -0.493 e. The van der Waals surface area contributed by atoms with Crippen molar-refractivity contribution in [3.63, 3.8) is 0 Å². The van der Waals surface area contributed by atoms with Crippen LogP contribution in [0.2, 0.25) is 0 Å². The number of nitrogens with one attached hydrogen (secondary N) is 2. The van der Waals surface area contributed by atoms with E-state index in [1.54, 1.807) is 36.1 Å². The normalized spacial score (nSPS) is 16.5. The number of para-hydroxylation sites is 2. The topological polar surface area (TPSA) is 142 Å². The van der Waals surface area contributed by atoms with E-state index < -0.39 is 6.04 Å². The van der Waals surface area contributed by atoms with E-state index in [0.29, 0.717) is 83.1 Å². The summed E-state index contributed by atoms with van der Waals surface area (Å²) in [7, 11) is 1.51. The predicted octanol–water partition coefficient (Wildman–Crippen LogP) is 3.01. The number of fused-ring (bicyclic) bond motifs is 1. The zero-order valence-corrected chi connectivity index (χ0v) is 24.4. The molecule has 41 heavy (non-hydrogen) atoms. The number of hydrogen-bond acceptors (Lipinski definition) is 10. The minimum atomic E-state index is -0.713. The number of methoxy groups -OCH3 is 1. The summed E-state index contributed by atoms with van der Waals surface area (Å²) >= 11 is 3.58. The fourth-order valence-electron chi connectivity index (χ4n) is 4.73. The first-order chi connectivity index (χ1) is 19.9. The maximum absolute atomic E-state index is 13.8. The van der Waals surface area contributed by atoms with Crippen LogP contribution in [0.4, 0.5) is 11.6 Å². The van der Waals surface area contributed by atoms with Gasteiger partial charge in [-0.25, -0.2) is 0 Å². The van der Waals surface area contributed by atoms with Crippen molar-refractivity contribution in [2.45, 2.75) is 19.9 Å². The average molecular weight is 628 g/mol. The summed E-state index contributed by atoms with van der Waals surface area (Å²) in [5.41, 5.74) is 2.16. The van der Waals surface area contributed by atoms with Crippen molar-refractivity contribution in [2.24, 2.45) is 0 Å². The van der Waals surface area contributed by atoms with Crippen molar-refractivity contribution >= 4 is 39.4 Å². The lowest BCUT2D eigenvalue weighted by Crippen LogP contribution is -2.43. The monoisotopic (exact) mass is 627 g/mol. The largest absolute Gasteiger partial charge is 0.493 e. The lowest BCUT2D eigenvalue weighted by atomic mass is 9.94. The van der Waals surface area contributed by atoms with Crippen molar-refractivity contribution < 1.29 is 28.5 Å². The molecule has 3 aromatic rings. The molecule has 2 aliphatic heterocycles. The SMILES string of the molecule is CCOc1ccccc1NC(=O)C1=C(C)Nc2nnnn2C1c1cc(Br)c(OCC(=O)N2CCOCC2)c(OC)c1. The summed E-state index contributed by atoms with van der Waals surface area (Å²) in [6.45, 7) is 6.01. The van der Waals surface area contributed by atoms with Crippen molar-refractivity contribution in [3.8, 4) is 17.2 Å². The molecule has 1 aromatic heterocycles. The number of hydrogen-bond donors (Lipinski definition) is 2. The third kappa shape index (κ3) is 5.98. The first kappa shape index (κ1) is 28.4. The van der Waals surface area contributed by atoms with E-state index in [1.165, 1.54) is 11.8 Å². The molecule has 2 aliphatic rings. The van der Waals surface area contributed by atoms with Gasteiger partial charge in [0.2, 0.25) is 5.95 Å². The van der Waals surface area contributed by atoms with Gasteiger partial charge in [0.25, 0.3) is 11.8 Å². The van der Waals surface area contributed by atoms with Crippen molar-refractivity contribution in [1.29, 1.82) is 0 Å². The zero-order chi connectivity index (χ0) is 28.9. The highest BCUT2D eigenvalue weighted by Gasteiger charge is 2.35. The van der Waals surface area contributed by atoms with Crippen molar-refractivity contribution in [1.82, 2.24) is 25.1 Å². The maximum atomic E-state index is 13.8. The van der Waals surface area contributed by atoms with Gasteiger partial charge in [-0.3, -0.25) is 9.59 Å². The summed E-state index contributed by atoms with van der Waals surface area (Å²) in [6.07, 6.45) is 0. The van der Waals surface area contributed by atoms with Gasteiger partial charge in [0.05, 0.1) is 42.7 Å². The predicted molar refractivity (Wildman–Crippen MR) is 152 cm³/mol. The number of carbonyl (C=O) groups excluding carboxylic acids is 2. The molecule has 0 bridgehead atoms. The number of carbonyl (C=O) groups is 2. The van der Waals surface area contributed by atoms with Gasteiger partial charge in [-0.05, 0) is 70.0 Å². The number of amides is 2. The Morgan fingerprint density at radius 1 is 1.17 bits per heavy atom. The molecule has 1 fully saturated rings. The molecule has 2 amide bonds. The number of ether oxygens (including phenoxy) is 4. The van der Waals surface area contributed by atoms with Crippen LogP contribution in [-0.4, -0.2) is 83.5 Å². The Bertz CT molecular complexity index is 1470. The van der Waals surface area contributed by atoms with E-state index >= 15 is 0 Å². The number of nitrogens with zero attached hydrogens (tertiary/aromatic N) is 5. The van der Waals surface area contributed by atoms with Crippen LogP contribution >= 0.6 is 15.9 Å². The molecule has 1 atom stereocenters. The lowest BCUT2D eigenvalue weighted by molar-refractivity contribution is -0.137.